The van der Waals surface area contributed by atoms with Crippen molar-refractivity contribution in [3.05, 3.63) is 31.7 Å². The van der Waals surface area contributed by atoms with Gasteiger partial charge in [-0.3, -0.25) is 0 Å². The quantitative estimate of drug-likeness (QED) is 0.603. The first-order valence-corrected chi connectivity index (χ1v) is 5.85. The van der Waals surface area contributed by atoms with Gasteiger partial charge >= 0.3 is 5.97 Å². The van der Waals surface area contributed by atoms with Crippen molar-refractivity contribution in [2.75, 3.05) is 6.61 Å². The van der Waals surface area contributed by atoms with Crippen LogP contribution in [0, 0.1) is 6.92 Å². The van der Waals surface area contributed by atoms with Gasteiger partial charge in [0.2, 0.25) is 0 Å². The highest BCUT2D eigenvalue weighted by Crippen LogP contribution is 2.34. The molecule has 0 heterocycles. The van der Waals surface area contributed by atoms with Gasteiger partial charge in [0.1, 0.15) is 0 Å². The Kier molecular flexibility index (Phi) is 4.44. The predicted octanol–water partition coefficient (Wildman–Crippen LogP) is 4.24. The fourth-order valence-electron chi connectivity index (χ4n) is 1.13. The summed E-state index contributed by atoms with van der Waals surface area (Å²) < 4.78 is 5.48. The minimum Gasteiger partial charge on any atom is -0.462 e. The molecule has 0 bridgehead atoms. The first-order chi connectivity index (χ1) is 6.99. The zero-order valence-corrected chi connectivity index (χ0v) is 11.3. The number of ether oxygens (including phenoxy) is 1. The second kappa shape index (κ2) is 5.19. The molecule has 15 heavy (non-hydrogen) atoms. The first-order valence-electron chi connectivity index (χ1n) is 4.30. The molecule has 0 N–H and O–H groups in total. The molecule has 0 amide bonds. The fourth-order valence-corrected chi connectivity index (χ4v) is 2.17. The van der Waals surface area contributed by atoms with Crippen LogP contribution in [0.4, 0.5) is 0 Å². The van der Waals surface area contributed by atoms with E-state index in [9.17, 15) is 4.79 Å². The SMILES string of the molecule is CCOC(=O)c1c(C)c(Cl)cc(Br)c1Cl. The minimum atomic E-state index is -0.455. The summed E-state index contributed by atoms with van der Waals surface area (Å²) in [5.74, 6) is -0.455. The van der Waals surface area contributed by atoms with E-state index in [1.165, 1.54) is 0 Å². The number of hydrogen-bond donors (Lipinski definition) is 0. The van der Waals surface area contributed by atoms with Crippen LogP contribution in [-0.2, 0) is 4.74 Å². The van der Waals surface area contributed by atoms with Crippen LogP contribution in [-0.4, -0.2) is 12.6 Å². The molecule has 0 aliphatic rings. The lowest BCUT2D eigenvalue weighted by molar-refractivity contribution is 0.0525. The van der Waals surface area contributed by atoms with Crippen molar-refractivity contribution in [2.45, 2.75) is 13.8 Å². The molecule has 2 nitrogen and oxygen atoms in total. The van der Waals surface area contributed by atoms with E-state index in [1.807, 2.05) is 0 Å². The van der Waals surface area contributed by atoms with Crippen LogP contribution in [0.25, 0.3) is 0 Å². The second-order valence-corrected chi connectivity index (χ2v) is 4.51. The third-order valence-electron chi connectivity index (χ3n) is 1.90. The van der Waals surface area contributed by atoms with Crippen LogP contribution < -0.4 is 0 Å². The monoisotopic (exact) mass is 310 g/mol. The van der Waals surface area contributed by atoms with E-state index in [-0.39, 0.29) is 0 Å². The number of carbonyl (C=O) groups is 1. The average Bonchev–Trinajstić information content (AvgIpc) is 2.16. The zero-order chi connectivity index (χ0) is 11.6. The summed E-state index contributed by atoms with van der Waals surface area (Å²) >= 11 is 15.2. The van der Waals surface area contributed by atoms with E-state index in [1.54, 1.807) is 19.9 Å². The van der Waals surface area contributed by atoms with Crippen molar-refractivity contribution in [3.63, 3.8) is 0 Å². The standard InChI is InChI=1S/C10H9BrCl2O2/c1-3-15-10(14)8-5(2)7(12)4-6(11)9(8)13/h4H,3H2,1-2H3. The van der Waals surface area contributed by atoms with Gasteiger partial charge in [-0.2, -0.15) is 0 Å². The molecule has 0 atom stereocenters. The van der Waals surface area contributed by atoms with Crippen LogP contribution >= 0.6 is 39.1 Å². The van der Waals surface area contributed by atoms with E-state index in [4.69, 9.17) is 27.9 Å². The summed E-state index contributed by atoms with van der Waals surface area (Å²) in [6.45, 7) is 3.77. The molecule has 0 radical (unpaired) electrons. The number of benzene rings is 1. The van der Waals surface area contributed by atoms with Crippen molar-refractivity contribution < 1.29 is 9.53 Å². The van der Waals surface area contributed by atoms with Gasteiger partial charge in [-0.25, -0.2) is 4.79 Å². The van der Waals surface area contributed by atoms with E-state index < -0.39 is 5.97 Å². The highest BCUT2D eigenvalue weighted by atomic mass is 79.9. The molecular weight excluding hydrogens is 303 g/mol. The molecule has 1 aromatic rings. The number of halogens is 3. The summed E-state index contributed by atoms with van der Waals surface area (Å²) in [7, 11) is 0. The largest absolute Gasteiger partial charge is 0.462 e. The van der Waals surface area contributed by atoms with Crippen molar-refractivity contribution in [1.82, 2.24) is 0 Å². The molecule has 1 rings (SSSR count). The minimum absolute atomic E-state index is 0.304. The normalized spacial score (nSPS) is 10.2. The van der Waals surface area contributed by atoms with Gasteiger partial charge in [0, 0.05) is 9.50 Å². The summed E-state index contributed by atoms with van der Waals surface area (Å²) in [6, 6.07) is 1.65. The Labute approximate surface area is 107 Å². The Hall–Kier alpha value is -0.250. The molecule has 0 aromatic heterocycles. The van der Waals surface area contributed by atoms with Gasteiger partial charge in [-0.05, 0) is 41.4 Å². The van der Waals surface area contributed by atoms with Crippen LogP contribution in [0.1, 0.15) is 22.8 Å². The second-order valence-electron chi connectivity index (χ2n) is 2.87. The van der Waals surface area contributed by atoms with E-state index in [0.717, 1.165) is 0 Å². The Balaban J connectivity index is 3.32. The molecule has 0 fully saturated rings. The number of esters is 1. The molecule has 0 aliphatic carbocycles. The zero-order valence-electron chi connectivity index (χ0n) is 8.23. The predicted molar refractivity (Wildman–Crippen MR) is 64.9 cm³/mol. The smallest absolute Gasteiger partial charge is 0.340 e. The molecule has 0 aliphatic heterocycles. The summed E-state index contributed by atoms with van der Waals surface area (Å²) in [4.78, 5) is 11.6. The van der Waals surface area contributed by atoms with Gasteiger partial charge in [-0.15, -0.1) is 0 Å². The van der Waals surface area contributed by atoms with Gasteiger partial charge in [0.15, 0.2) is 0 Å². The summed E-state index contributed by atoms with van der Waals surface area (Å²) in [6.07, 6.45) is 0. The fraction of sp³-hybridized carbons (Fsp3) is 0.300. The van der Waals surface area contributed by atoms with Crippen molar-refractivity contribution in [2.24, 2.45) is 0 Å². The summed E-state index contributed by atoms with van der Waals surface area (Å²) in [5.41, 5.74) is 0.946. The van der Waals surface area contributed by atoms with E-state index in [0.29, 0.717) is 32.3 Å². The highest BCUT2D eigenvalue weighted by molar-refractivity contribution is 9.10. The lowest BCUT2D eigenvalue weighted by Crippen LogP contribution is -2.08. The maximum Gasteiger partial charge on any atom is 0.340 e. The third kappa shape index (κ3) is 2.65. The van der Waals surface area contributed by atoms with Crippen LogP contribution in [0.5, 0.6) is 0 Å². The van der Waals surface area contributed by atoms with Crippen LogP contribution in [0.15, 0.2) is 10.5 Å². The molecule has 0 unspecified atom stereocenters. The molecule has 5 heteroatoms. The van der Waals surface area contributed by atoms with Gasteiger partial charge in [-0.1, -0.05) is 23.2 Å². The van der Waals surface area contributed by atoms with E-state index >= 15 is 0 Å². The third-order valence-corrected chi connectivity index (χ3v) is 3.53. The van der Waals surface area contributed by atoms with Gasteiger partial charge < -0.3 is 4.74 Å². The number of carbonyl (C=O) groups excluding carboxylic acids is 1. The van der Waals surface area contributed by atoms with Gasteiger partial charge in [0.05, 0.1) is 17.2 Å². The maximum atomic E-state index is 11.6. The van der Waals surface area contributed by atoms with Crippen LogP contribution in [0.2, 0.25) is 10.0 Å². The topological polar surface area (TPSA) is 26.3 Å². The lowest BCUT2D eigenvalue weighted by atomic mass is 10.1. The van der Waals surface area contributed by atoms with Crippen molar-refractivity contribution in [3.8, 4) is 0 Å². The Morgan fingerprint density at radius 2 is 2.13 bits per heavy atom. The molecule has 0 saturated heterocycles. The van der Waals surface area contributed by atoms with Crippen molar-refractivity contribution in [1.29, 1.82) is 0 Å². The first kappa shape index (κ1) is 12.8. The Morgan fingerprint density at radius 1 is 1.53 bits per heavy atom. The number of rotatable bonds is 2. The maximum absolute atomic E-state index is 11.6. The molecule has 0 spiro atoms. The van der Waals surface area contributed by atoms with Crippen LogP contribution in [0.3, 0.4) is 0 Å². The molecule has 0 saturated carbocycles. The Bertz CT molecular complexity index is 379. The lowest BCUT2D eigenvalue weighted by Gasteiger charge is -2.10. The Morgan fingerprint density at radius 3 is 2.67 bits per heavy atom. The molecule has 1 aromatic carbocycles. The highest BCUT2D eigenvalue weighted by Gasteiger charge is 2.19. The number of hydrogen-bond acceptors (Lipinski definition) is 2. The average molecular weight is 312 g/mol. The van der Waals surface area contributed by atoms with Gasteiger partial charge in [0.25, 0.3) is 0 Å². The van der Waals surface area contributed by atoms with E-state index in [2.05, 4.69) is 15.9 Å². The summed E-state index contributed by atoms with van der Waals surface area (Å²) in [5, 5.41) is 0.810. The molecule has 82 valence electrons. The van der Waals surface area contributed by atoms with Crippen molar-refractivity contribution >= 4 is 45.1 Å². The molecular formula is C10H9BrCl2O2.